The van der Waals surface area contributed by atoms with E-state index in [1.54, 1.807) is 14.2 Å². The van der Waals surface area contributed by atoms with E-state index < -0.39 is 0 Å². The summed E-state index contributed by atoms with van der Waals surface area (Å²) in [5.41, 5.74) is 9.72. The molecule has 4 heteroatoms. The third-order valence-corrected chi connectivity index (χ3v) is 11.7. The lowest BCUT2D eigenvalue weighted by Crippen LogP contribution is -2.41. The Morgan fingerprint density at radius 2 is 1.15 bits per heavy atom. The quantitative estimate of drug-likeness (QED) is 0.121. The Kier molecular flexibility index (Phi) is 12.9. The van der Waals surface area contributed by atoms with Gasteiger partial charge in [0, 0.05) is 37.3 Å². The third-order valence-electron chi connectivity index (χ3n) is 11.7. The van der Waals surface area contributed by atoms with Crippen LogP contribution in [0.2, 0.25) is 0 Å². The van der Waals surface area contributed by atoms with Crippen LogP contribution in [-0.4, -0.2) is 49.2 Å². The maximum absolute atomic E-state index is 5.59. The summed E-state index contributed by atoms with van der Waals surface area (Å²) in [5.74, 6) is 2.08. The number of ether oxygens (including phenoxy) is 2. The van der Waals surface area contributed by atoms with E-state index in [1.165, 1.54) is 49.7 Å². The average Bonchev–Trinajstić information content (AvgIpc) is 3.20. The summed E-state index contributed by atoms with van der Waals surface area (Å²) in [6.07, 6.45) is 10.7. The van der Waals surface area contributed by atoms with Crippen molar-refractivity contribution in [3.05, 3.63) is 167 Å². The van der Waals surface area contributed by atoms with E-state index in [-0.39, 0.29) is 0 Å². The molecule has 0 saturated heterocycles. The first-order valence-corrected chi connectivity index (χ1v) is 19.4. The van der Waals surface area contributed by atoms with Gasteiger partial charge < -0.3 is 9.47 Å². The van der Waals surface area contributed by atoms with E-state index in [0.29, 0.717) is 24.2 Å². The fraction of sp³-hybridized carbons (Fsp3) is 0.347. The summed E-state index contributed by atoms with van der Waals surface area (Å²) < 4.78 is 11.1. The minimum absolute atomic E-state index is 0.334. The molecule has 2 aliphatic carbocycles. The van der Waals surface area contributed by atoms with E-state index in [4.69, 9.17) is 9.47 Å². The molecule has 0 radical (unpaired) electrons. The van der Waals surface area contributed by atoms with Crippen LogP contribution in [0, 0.1) is 6.92 Å². The van der Waals surface area contributed by atoms with E-state index in [9.17, 15) is 0 Å². The van der Waals surface area contributed by atoms with Gasteiger partial charge >= 0.3 is 0 Å². The molecule has 0 aromatic heterocycles. The fourth-order valence-corrected chi connectivity index (χ4v) is 8.83. The Balaban J connectivity index is 0.000000183. The van der Waals surface area contributed by atoms with Crippen molar-refractivity contribution in [2.75, 3.05) is 27.3 Å². The lowest BCUT2D eigenvalue weighted by molar-refractivity contribution is 0.147. The summed E-state index contributed by atoms with van der Waals surface area (Å²) in [6.45, 7) is 16.6. The molecule has 0 fully saturated rings. The number of fused-ring (bicyclic) bond motifs is 3. The molecular weight excluding hydrogens is 649 g/mol. The minimum Gasteiger partial charge on any atom is -0.496 e. The van der Waals surface area contributed by atoms with Crippen molar-refractivity contribution in [1.82, 2.24) is 9.80 Å². The molecule has 0 amide bonds. The first kappa shape index (κ1) is 38.1. The second-order valence-electron chi connectivity index (χ2n) is 14.8. The molecule has 0 spiro atoms. The Labute approximate surface area is 318 Å². The molecule has 4 nitrogen and oxygen atoms in total. The van der Waals surface area contributed by atoms with Gasteiger partial charge in [-0.1, -0.05) is 109 Å². The number of hydrogen-bond acceptors (Lipinski definition) is 4. The molecule has 0 unspecified atom stereocenters. The third kappa shape index (κ3) is 8.61. The predicted octanol–water partition coefficient (Wildman–Crippen LogP) is 11.1. The number of rotatable bonds is 12. The molecular formula is C49H58N2O2. The topological polar surface area (TPSA) is 24.9 Å². The number of benzene rings is 5. The number of nitrogens with zero attached hydrogens (tertiary/aromatic N) is 2. The minimum atomic E-state index is 0.334. The van der Waals surface area contributed by atoms with Crippen molar-refractivity contribution in [1.29, 1.82) is 0 Å². The van der Waals surface area contributed by atoms with E-state index in [0.717, 1.165) is 63.1 Å². The van der Waals surface area contributed by atoms with Gasteiger partial charge in [-0.05, 0) is 116 Å². The van der Waals surface area contributed by atoms with Crippen LogP contribution in [-0.2, 0) is 25.7 Å². The normalized spacial score (nSPS) is 17.6. The Hall–Kier alpha value is -4.64. The van der Waals surface area contributed by atoms with Crippen LogP contribution >= 0.6 is 0 Å². The van der Waals surface area contributed by atoms with Crippen molar-refractivity contribution >= 4 is 10.8 Å². The van der Waals surface area contributed by atoms with Crippen LogP contribution in [0.5, 0.6) is 11.5 Å². The maximum atomic E-state index is 5.59. The molecule has 276 valence electrons. The molecule has 5 aromatic rings. The van der Waals surface area contributed by atoms with Gasteiger partial charge in [0.15, 0.2) is 0 Å². The molecule has 7 rings (SSSR count). The largest absolute Gasteiger partial charge is 0.496 e. The molecule has 53 heavy (non-hydrogen) atoms. The zero-order valence-corrected chi connectivity index (χ0v) is 32.6. The SMILES string of the molecule is C=CCN([C@H]1CCc2c(cccc2OC)C1)[C@H](C)c1ccc(C)cc1.C=CCN([C@H]1CCc2c(cccc2OC)C1)[C@H](C)c1cccc2ccccc12. The van der Waals surface area contributed by atoms with Gasteiger partial charge in [-0.3, -0.25) is 9.80 Å². The molecule has 0 aliphatic heterocycles. The fourth-order valence-electron chi connectivity index (χ4n) is 8.83. The van der Waals surface area contributed by atoms with Crippen LogP contribution in [0.3, 0.4) is 0 Å². The zero-order chi connectivity index (χ0) is 37.3. The summed E-state index contributed by atoms with van der Waals surface area (Å²) in [4.78, 5) is 5.22. The van der Waals surface area contributed by atoms with Gasteiger partial charge in [-0.2, -0.15) is 0 Å². The molecule has 0 N–H and O–H groups in total. The first-order chi connectivity index (χ1) is 25.9. The lowest BCUT2D eigenvalue weighted by atomic mass is 9.85. The Morgan fingerprint density at radius 1 is 0.642 bits per heavy atom. The predicted molar refractivity (Wildman–Crippen MR) is 223 cm³/mol. The summed E-state index contributed by atoms with van der Waals surface area (Å²) in [6, 6.07) is 39.0. The zero-order valence-electron chi connectivity index (χ0n) is 32.6. The van der Waals surface area contributed by atoms with Crippen LogP contribution in [0.15, 0.2) is 128 Å². The number of methoxy groups -OCH3 is 2. The number of aryl methyl sites for hydroxylation is 1. The van der Waals surface area contributed by atoms with Gasteiger partial charge in [0.1, 0.15) is 11.5 Å². The highest BCUT2D eigenvalue weighted by Crippen LogP contribution is 2.37. The van der Waals surface area contributed by atoms with Crippen molar-refractivity contribution in [2.24, 2.45) is 0 Å². The van der Waals surface area contributed by atoms with E-state index >= 15 is 0 Å². The van der Waals surface area contributed by atoms with Gasteiger partial charge in [0.2, 0.25) is 0 Å². The van der Waals surface area contributed by atoms with Gasteiger partial charge in [-0.15, -0.1) is 13.2 Å². The second kappa shape index (κ2) is 17.9. The van der Waals surface area contributed by atoms with Crippen LogP contribution in [0.25, 0.3) is 10.8 Å². The molecule has 0 bridgehead atoms. The van der Waals surface area contributed by atoms with Crippen LogP contribution < -0.4 is 9.47 Å². The standard InChI is InChI=1S/C26H29NO.C23H29NO/c1-4-17-27(19(2)23-13-7-10-20-9-5-6-12-24(20)23)22-15-16-25-21(18-22)11-8-14-26(25)28-3;1-5-15-24(18(3)19-11-9-17(2)10-12-19)21-13-14-22-20(16-21)7-6-8-23(22)25-4/h4-14,19,22H,1,15-18H2,2-3H3;5-12,18,21H,1,13-16H2,2-4H3/t19-,22+;18-,21+/m11/s1. The van der Waals surface area contributed by atoms with Crippen molar-refractivity contribution < 1.29 is 9.47 Å². The first-order valence-electron chi connectivity index (χ1n) is 19.4. The highest BCUT2D eigenvalue weighted by atomic mass is 16.5. The van der Waals surface area contributed by atoms with Gasteiger partial charge in [0.25, 0.3) is 0 Å². The Morgan fingerprint density at radius 3 is 1.70 bits per heavy atom. The Bertz CT molecular complexity index is 1980. The van der Waals surface area contributed by atoms with Gasteiger partial charge in [0.05, 0.1) is 14.2 Å². The highest BCUT2D eigenvalue weighted by molar-refractivity contribution is 5.86. The molecule has 4 atom stereocenters. The molecule has 0 heterocycles. The van der Waals surface area contributed by atoms with Crippen LogP contribution in [0.1, 0.15) is 77.7 Å². The molecule has 5 aromatic carbocycles. The molecule has 2 aliphatic rings. The lowest BCUT2D eigenvalue weighted by Gasteiger charge is -2.39. The van der Waals surface area contributed by atoms with Gasteiger partial charge in [-0.25, -0.2) is 0 Å². The summed E-state index contributed by atoms with van der Waals surface area (Å²) in [5, 5.41) is 2.66. The van der Waals surface area contributed by atoms with Crippen molar-refractivity contribution in [3.63, 3.8) is 0 Å². The van der Waals surface area contributed by atoms with E-state index in [2.05, 4.69) is 147 Å². The van der Waals surface area contributed by atoms with Crippen LogP contribution in [0.4, 0.5) is 0 Å². The summed E-state index contributed by atoms with van der Waals surface area (Å²) in [7, 11) is 3.54. The average molecular weight is 707 g/mol. The highest BCUT2D eigenvalue weighted by Gasteiger charge is 2.30. The second-order valence-corrected chi connectivity index (χ2v) is 14.8. The number of hydrogen-bond donors (Lipinski definition) is 0. The summed E-state index contributed by atoms with van der Waals surface area (Å²) >= 11 is 0. The smallest absolute Gasteiger partial charge is 0.122 e. The molecule has 0 saturated carbocycles. The van der Waals surface area contributed by atoms with E-state index in [1.807, 2.05) is 12.2 Å². The van der Waals surface area contributed by atoms with Crippen molar-refractivity contribution in [2.45, 2.75) is 83.5 Å². The maximum Gasteiger partial charge on any atom is 0.122 e. The van der Waals surface area contributed by atoms with Crippen molar-refractivity contribution in [3.8, 4) is 11.5 Å². The monoisotopic (exact) mass is 706 g/mol.